The fourth-order valence-corrected chi connectivity index (χ4v) is 1.12. The quantitative estimate of drug-likeness (QED) is 0.644. The lowest BCUT2D eigenvalue weighted by Crippen LogP contribution is -1.94. The van der Waals surface area contributed by atoms with Crippen LogP contribution in [0.1, 0.15) is 0 Å². The number of aromatic amines is 1. The third-order valence-electron chi connectivity index (χ3n) is 1.70. The SMILES string of the molecule is Nc1cccc(F)c1-c1ncn[nH]1. The molecule has 4 nitrogen and oxygen atoms in total. The molecule has 1 heterocycles. The minimum Gasteiger partial charge on any atom is -0.398 e. The topological polar surface area (TPSA) is 67.6 Å². The van der Waals surface area contributed by atoms with Gasteiger partial charge in [-0.15, -0.1) is 0 Å². The van der Waals surface area contributed by atoms with Crippen LogP contribution in [0, 0.1) is 5.82 Å². The summed E-state index contributed by atoms with van der Waals surface area (Å²) in [7, 11) is 0. The van der Waals surface area contributed by atoms with E-state index < -0.39 is 5.82 Å². The predicted octanol–water partition coefficient (Wildman–Crippen LogP) is 1.19. The maximum atomic E-state index is 13.2. The van der Waals surface area contributed by atoms with Crippen LogP contribution in [0.25, 0.3) is 11.4 Å². The summed E-state index contributed by atoms with van der Waals surface area (Å²) >= 11 is 0. The smallest absolute Gasteiger partial charge is 0.160 e. The summed E-state index contributed by atoms with van der Waals surface area (Å²) in [6, 6.07) is 4.49. The van der Waals surface area contributed by atoms with Crippen molar-refractivity contribution in [2.45, 2.75) is 0 Å². The normalized spacial score (nSPS) is 10.2. The van der Waals surface area contributed by atoms with Gasteiger partial charge in [-0.25, -0.2) is 9.37 Å². The first-order valence-corrected chi connectivity index (χ1v) is 3.69. The number of hydrogen-bond acceptors (Lipinski definition) is 3. The third kappa shape index (κ3) is 1.24. The first-order chi connectivity index (χ1) is 6.29. The molecule has 0 atom stereocenters. The number of anilines is 1. The Bertz CT molecular complexity index is 390. The van der Waals surface area contributed by atoms with Gasteiger partial charge < -0.3 is 5.73 Å². The third-order valence-corrected chi connectivity index (χ3v) is 1.70. The Labute approximate surface area is 73.6 Å². The molecule has 0 fully saturated rings. The average Bonchev–Trinajstić information content (AvgIpc) is 2.57. The van der Waals surface area contributed by atoms with E-state index in [0.717, 1.165) is 0 Å². The number of nitrogen functional groups attached to an aromatic ring is 1. The lowest BCUT2D eigenvalue weighted by Gasteiger charge is -2.01. The summed E-state index contributed by atoms with van der Waals surface area (Å²) < 4.78 is 13.2. The standard InChI is InChI=1S/C8H7FN4/c9-5-2-1-3-6(10)7(5)8-11-4-12-13-8/h1-4H,10H2,(H,11,12,13). The average molecular weight is 178 g/mol. The lowest BCUT2D eigenvalue weighted by atomic mass is 10.1. The van der Waals surface area contributed by atoms with Gasteiger partial charge in [0.1, 0.15) is 12.1 Å². The van der Waals surface area contributed by atoms with Crippen molar-refractivity contribution in [1.82, 2.24) is 15.2 Å². The molecule has 1 aromatic heterocycles. The van der Waals surface area contributed by atoms with Crippen molar-refractivity contribution in [3.05, 3.63) is 30.3 Å². The Morgan fingerprint density at radius 1 is 1.38 bits per heavy atom. The highest BCUT2D eigenvalue weighted by Crippen LogP contribution is 2.24. The first-order valence-electron chi connectivity index (χ1n) is 3.69. The second kappa shape index (κ2) is 2.85. The second-order valence-corrected chi connectivity index (χ2v) is 2.54. The minimum absolute atomic E-state index is 0.264. The number of aromatic nitrogens is 3. The van der Waals surface area contributed by atoms with Gasteiger partial charge in [-0.1, -0.05) is 6.07 Å². The van der Waals surface area contributed by atoms with Gasteiger partial charge in [-0.2, -0.15) is 5.10 Å². The molecule has 0 aliphatic carbocycles. The number of halogens is 1. The largest absolute Gasteiger partial charge is 0.398 e. The van der Waals surface area contributed by atoms with Crippen LogP contribution in [0.2, 0.25) is 0 Å². The predicted molar refractivity (Wildman–Crippen MR) is 46.2 cm³/mol. The van der Waals surface area contributed by atoms with Crippen molar-refractivity contribution in [1.29, 1.82) is 0 Å². The zero-order valence-corrected chi connectivity index (χ0v) is 6.66. The molecule has 13 heavy (non-hydrogen) atoms. The molecule has 0 spiro atoms. The van der Waals surface area contributed by atoms with Crippen molar-refractivity contribution >= 4 is 5.69 Å². The maximum Gasteiger partial charge on any atom is 0.160 e. The van der Waals surface area contributed by atoms with Crippen LogP contribution in [0.3, 0.4) is 0 Å². The van der Waals surface area contributed by atoms with Crippen molar-refractivity contribution in [3.8, 4) is 11.4 Å². The molecule has 0 saturated carbocycles. The van der Waals surface area contributed by atoms with Crippen LogP contribution in [-0.4, -0.2) is 15.2 Å². The van der Waals surface area contributed by atoms with E-state index in [2.05, 4.69) is 15.2 Å². The Kier molecular flexibility index (Phi) is 1.70. The number of benzene rings is 1. The van der Waals surface area contributed by atoms with Crippen LogP contribution in [0.15, 0.2) is 24.5 Å². The van der Waals surface area contributed by atoms with Gasteiger partial charge in [0.25, 0.3) is 0 Å². The number of nitrogens with zero attached hydrogens (tertiary/aromatic N) is 2. The highest BCUT2D eigenvalue weighted by atomic mass is 19.1. The summed E-state index contributed by atoms with van der Waals surface area (Å²) in [5.74, 6) is -0.0626. The van der Waals surface area contributed by atoms with Crippen LogP contribution >= 0.6 is 0 Å². The molecule has 3 N–H and O–H groups in total. The molecule has 0 amide bonds. The molecule has 2 rings (SSSR count). The van der Waals surface area contributed by atoms with Crippen molar-refractivity contribution in [2.24, 2.45) is 0 Å². The molecular weight excluding hydrogens is 171 g/mol. The van der Waals surface area contributed by atoms with Gasteiger partial charge in [0, 0.05) is 5.69 Å². The van der Waals surface area contributed by atoms with Crippen LogP contribution < -0.4 is 5.73 Å². The number of nitrogens with one attached hydrogen (secondary N) is 1. The van der Waals surface area contributed by atoms with Crippen molar-refractivity contribution < 1.29 is 4.39 Å². The summed E-state index contributed by atoms with van der Waals surface area (Å²) in [4.78, 5) is 3.82. The molecule has 0 aliphatic rings. The summed E-state index contributed by atoms with van der Waals surface area (Å²) in [5, 5.41) is 6.18. The van der Waals surface area contributed by atoms with E-state index in [1.54, 1.807) is 12.1 Å². The van der Waals surface area contributed by atoms with Gasteiger partial charge >= 0.3 is 0 Å². The second-order valence-electron chi connectivity index (χ2n) is 2.54. The van der Waals surface area contributed by atoms with Gasteiger partial charge in [0.05, 0.1) is 5.56 Å². The van der Waals surface area contributed by atoms with E-state index >= 15 is 0 Å². The molecule has 0 bridgehead atoms. The Hall–Kier alpha value is -1.91. The zero-order chi connectivity index (χ0) is 9.26. The Morgan fingerprint density at radius 2 is 2.23 bits per heavy atom. The Balaban J connectivity index is 2.64. The number of nitrogens with two attached hydrogens (primary N) is 1. The van der Waals surface area contributed by atoms with Gasteiger partial charge in [-0.3, -0.25) is 5.10 Å². The van der Waals surface area contributed by atoms with Crippen molar-refractivity contribution in [3.63, 3.8) is 0 Å². The monoisotopic (exact) mass is 178 g/mol. The van der Waals surface area contributed by atoms with Crippen LogP contribution in [0.5, 0.6) is 0 Å². The van der Waals surface area contributed by atoms with E-state index in [0.29, 0.717) is 11.5 Å². The summed E-state index contributed by atoms with van der Waals surface area (Å²) in [5.41, 5.74) is 6.19. The molecular formula is C8H7FN4. The van der Waals surface area contributed by atoms with Gasteiger partial charge in [0.2, 0.25) is 0 Å². The molecule has 0 radical (unpaired) electrons. The number of H-pyrrole nitrogens is 1. The highest BCUT2D eigenvalue weighted by molar-refractivity contribution is 5.71. The minimum atomic E-state index is -0.406. The summed E-state index contributed by atoms with van der Waals surface area (Å²) in [6.07, 6.45) is 1.31. The van der Waals surface area contributed by atoms with E-state index in [9.17, 15) is 4.39 Å². The highest BCUT2D eigenvalue weighted by Gasteiger charge is 2.10. The van der Waals surface area contributed by atoms with E-state index in [-0.39, 0.29) is 5.56 Å². The zero-order valence-electron chi connectivity index (χ0n) is 6.66. The number of hydrogen-bond donors (Lipinski definition) is 2. The maximum absolute atomic E-state index is 13.2. The molecule has 0 unspecified atom stereocenters. The molecule has 66 valence electrons. The fourth-order valence-electron chi connectivity index (χ4n) is 1.12. The molecule has 5 heteroatoms. The van der Waals surface area contributed by atoms with Crippen LogP contribution in [-0.2, 0) is 0 Å². The van der Waals surface area contributed by atoms with Gasteiger partial charge in [0.15, 0.2) is 5.82 Å². The van der Waals surface area contributed by atoms with E-state index in [1.165, 1.54) is 12.4 Å². The van der Waals surface area contributed by atoms with Crippen molar-refractivity contribution in [2.75, 3.05) is 5.73 Å². The van der Waals surface area contributed by atoms with E-state index in [4.69, 9.17) is 5.73 Å². The van der Waals surface area contributed by atoms with Gasteiger partial charge in [-0.05, 0) is 12.1 Å². The number of rotatable bonds is 1. The first kappa shape index (κ1) is 7.72. The van der Waals surface area contributed by atoms with Crippen LogP contribution in [0.4, 0.5) is 10.1 Å². The summed E-state index contributed by atoms with van der Waals surface area (Å²) in [6.45, 7) is 0. The molecule has 1 aromatic carbocycles. The van der Waals surface area contributed by atoms with E-state index in [1.807, 2.05) is 0 Å². The Morgan fingerprint density at radius 3 is 2.85 bits per heavy atom. The molecule has 0 aliphatic heterocycles. The fraction of sp³-hybridized carbons (Fsp3) is 0. The molecule has 2 aromatic rings. The lowest BCUT2D eigenvalue weighted by molar-refractivity contribution is 0.630. The molecule has 0 saturated heterocycles.